The Labute approximate surface area is 104 Å². The van der Waals surface area contributed by atoms with Crippen LogP contribution in [0.15, 0.2) is 18.2 Å². The van der Waals surface area contributed by atoms with Crippen molar-refractivity contribution in [3.05, 3.63) is 23.8 Å². The lowest BCUT2D eigenvalue weighted by atomic mass is 10.1. The van der Waals surface area contributed by atoms with Crippen molar-refractivity contribution in [2.75, 3.05) is 17.6 Å². The Bertz CT molecular complexity index is 477. The minimum atomic E-state index is -1.05. The van der Waals surface area contributed by atoms with Crippen LogP contribution < -0.4 is 16.4 Å². The van der Waals surface area contributed by atoms with E-state index in [1.807, 2.05) is 0 Å². The number of para-hydroxylation sites is 1. The minimum absolute atomic E-state index is 0.0420. The Morgan fingerprint density at radius 3 is 2.89 bits per heavy atom. The number of nitrogens with two attached hydrogens (primary N) is 1. The third-order valence-electron chi connectivity index (χ3n) is 2.96. The second-order valence-electron chi connectivity index (χ2n) is 4.26. The van der Waals surface area contributed by atoms with Gasteiger partial charge < -0.3 is 21.5 Å². The fourth-order valence-corrected chi connectivity index (χ4v) is 1.95. The van der Waals surface area contributed by atoms with Gasteiger partial charge in [0.2, 0.25) is 5.91 Å². The Morgan fingerprint density at radius 1 is 1.50 bits per heavy atom. The molecule has 1 heterocycles. The SMILES string of the molecule is Nc1c(NC2CCC(=O)NC2)cccc1C(=O)O. The number of carboxylic acids is 1. The molecule has 1 saturated heterocycles. The highest BCUT2D eigenvalue weighted by molar-refractivity contribution is 5.97. The van der Waals surface area contributed by atoms with Crippen molar-refractivity contribution >= 4 is 23.3 Å². The normalized spacial score (nSPS) is 19.1. The summed E-state index contributed by atoms with van der Waals surface area (Å²) in [5, 5.41) is 14.9. The van der Waals surface area contributed by atoms with Crippen LogP contribution in [0, 0.1) is 0 Å². The molecule has 18 heavy (non-hydrogen) atoms. The van der Waals surface area contributed by atoms with E-state index in [1.54, 1.807) is 12.1 Å². The number of aromatic carboxylic acids is 1. The van der Waals surface area contributed by atoms with Crippen LogP contribution in [0.3, 0.4) is 0 Å². The van der Waals surface area contributed by atoms with Gasteiger partial charge in [0.1, 0.15) is 0 Å². The molecule has 1 atom stereocenters. The lowest BCUT2D eigenvalue weighted by Gasteiger charge is -2.25. The molecule has 0 bridgehead atoms. The summed E-state index contributed by atoms with van der Waals surface area (Å²) in [7, 11) is 0. The lowest BCUT2D eigenvalue weighted by Crippen LogP contribution is -2.42. The average Bonchev–Trinajstić information content (AvgIpc) is 2.34. The monoisotopic (exact) mass is 249 g/mol. The highest BCUT2D eigenvalue weighted by atomic mass is 16.4. The second-order valence-corrected chi connectivity index (χ2v) is 4.26. The first kappa shape index (κ1) is 12.2. The first-order valence-electron chi connectivity index (χ1n) is 5.73. The summed E-state index contributed by atoms with van der Waals surface area (Å²) < 4.78 is 0. The quantitative estimate of drug-likeness (QED) is 0.589. The van der Waals surface area contributed by atoms with Gasteiger partial charge >= 0.3 is 5.97 Å². The van der Waals surface area contributed by atoms with Crippen LogP contribution in [-0.2, 0) is 4.79 Å². The zero-order chi connectivity index (χ0) is 13.1. The highest BCUT2D eigenvalue weighted by Crippen LogP contribution is 2.24. The Morgan fingerprint density at radius 2 is 2.28 bits per heavy atom. The molecule has 1 aliphatic heterocycles. The molecule has 96 valence electrons. The van der Waals surface area contributed by atoms with Crippen molar-refractivity contribution < 1.29 is 14.7 Å². The van der Waals surface area contributed by atoms with Crippen LogP contribution in [0.1, 0.15) is 23.2 Å². The molecule has 1 aromatic carbocycles. The zero-order valence-electron chi connectivity index (χ0n) is 9.77. The number of carbonyl (C=O) groups is 2. The van der Waals surface area contributed by atoms with E-state index in [2.05, 4.69) is 10.6 Å². The number of carboxylic acid groups (broad SMARTS) is 1. The van der Waals surface area contributed by atoms with Gasteiger partial charge in [0.25, 0.3) is 0 Å². The summed E-state index contributed by atoms with van der Waals surface area (Å²) in [5.41, 5.74) is 6.70. The van der Waals surface area contributed by atoms with Crippen molar-refractivity contribution in [1.29, 1.82) is 0 Å². The molecule has 1 aliphatic rings. The van der Waals surface area contributed by atoms with Gasteiger partial charge in [-0.25, -0.2) is 4.79 Å². The summed E-state index contributed by atoms with van der Waals surface area (Å²) in [6.45, 7) is 0.523. The number of carbonyl (C=O) groups excluding carboxylic acids is 1. The van der Waals surface area contributed by atoms with E-state index in [4.69, 9.17) is 10.8 Å². The third kappa shape index (κ3) is 2.53. The summed E-state index contributed by atoms with van der Waals surface area (Å²) in [5.74, 6) is -1.01. The van der Waals surface area contributed by atoms with Crippen LogP contribution in [0.2, 0.25) is 0 Å². The smallest absolute Gasteiger partial charge is 0.337 e. The number of hydrogen-bond acceptors (Lipinski definition) is 4. The molecule has 5 N–H and O–H groups in total. The summed E-state index contributed by atoms with van der Waals surface area (Å²) in [6.07, 6.45) is 1.18. The number of nitrogen functional groups attached to an aromatic ring is 1. The zero-order valence-corrected chi connectivity index (χ0v) is 9.77. The molecule has 1 unspecified atom stereocenters. The largest absolute Gasteiger partial charge is 0.478 e. The standard InChI is InChI=1S/C12H15N3O3/c13-11-8(12(17)18)2-1-3-9(11)15-7-4-5-10(16)14-6-7/h1-3,7,15H,4-6,13H2,(H,14,16)(H,17,18). The van der Waals surface area contributed by atoms with Crippen LogP contribution in [0.25, 0.3) is 0 Å². The van der Waals surface area contributed by atoms with E-state index in [0.29, 0.717) is 25.1 Å². The number of nitrogens with one attached hydrogen (secondary N) is 2. The van der Waals surface area contributed by atoms with E-state index in [9.17, 15) is 9.59 Å². The van der Waals surface area contributed by atoms with E-state index in [1.165, 1.54) is 6.07 Å². The number of amides is 1. The highest BCUT2D eigenvalue weighted by Gasteiger charge is 2.19. The second kappa shape index (κ2) is 4.95. The fraction of sp³-hybridized carbons (Fsp3) is 0.333. The molecular weight excluding hydrogens is 234 g/mol. The van der Waals surface area contributed by atoms with Gasteiger partial charge in [-0.3, -0.25) is 4.79 Å². The number of hydrogen-bond donors (Lipinski definition) is 4. The van der Waals surface area contributed by atoms with Crippen LogP contribution in [-0.4, -0.2) is 29.6 Å². The van der Waals surface area contributed by atoms with Crippen molar-refractivity contribution in [1.82, 2.24) is 5.32 Å². The molecule has 2 rings (SSSR count). The molecule has 0 aliphatic carbocycles. The van der Waals surface area contributed by atoms with Gasteiger partial charge in [0.15, 0.2) is 0 Å². The lowest BCUT2D eigenvalue weighted by molar-refractivity contribution is -0.122. The average molecular weight is 249 g/mol. The number of rotatable bonds is 3. The van der Waals surface area contributed by atoms with Gasteiger partial charge in [-0.1, -0.05) is 6.07 Å². The third-order valence-corrected chi connectivity index (χ3v) is 2.96. The van der Waals surface area contributed by atoms with Crippen molar-refractivity contribution in [3.8, 4) is 0 Å². The van der Waals surface area contributed by atoms with Crippen molar-refractivity contribution in [2.45, 2.75) is 18.9 Å². The summed E-state index contributed by atoms with van der Waals surface area (Å²) in [4.78, 5) is 22.0. The fourth-order valence-electron chi connectivity index (χ4n) is 1.95. The van der Waals surface area contributed by atoms with Gasteiger partial charge in [-0.15, -0.1) is 0 Å². The van der Waals surface area contributed by atoms with Gasteiger partial charge in [-0.2, -0.15) is 0 Å². The molecule has 0 spiro atoms. The Hall–Kier alpha value is -2.24. The molecule has 6 heteroatoms. The molecule has 1 fully saturated rings. The molecule has 0 radical (unpaired) electrons. The maximum Gasteiger partial charge on any atom is 0.337 e. The van der Waals surface area contributed by atoms with Gasteiger partial charge in [-0.05, 0) is 18.6 Å². The Balaban J connectivity index is 2.12. The topological polar surface area (TPSA) is 104 Å². The first-order valence-corrected chi connectivity index (χ1v) is 5.73. The van der Waals surface area contributed by atoms with E-state index >= 15 is 0 Å². The molecule has 1 aromatic rings. The Kier molecular flexibility index (Phi) is 3.36. The van der Waals surface area contributed by atoms with E-state index in [-0.39, 0.29) is 23.2 Å². The van der Waals surface area contributed by atoms with Gasteiger partial charge in [0.05, 0.1) is 16.9 Å². The van der Waals surface area contributed by atoms with E-state index in [0.717, 1.165) is 0 Å². The number of anilines is 2. The minimum Gasteiger partial charge on any atom is -0.478 e. The van der Waals surface area contributed by atoms with Crippen LogP contribution in [0.5, 0.6) is 0 Å². The van der Waals surface area contributed by atoms with Crippen molar-refractivity contribution in [3.63, 3.8) is 0 Å². The van der Waals surface area contributed by atoms with Gasteiger partial charge in [0, 0.05) is 19.0 Å². The molecule has 6 nitrogen and oxygen atoms in total. The van der Waals surface area contributed by atoms with E-state index < -0.39 is 5.97 Å². The molecule has 0 saturated carbocycles. The van der Waals surface area contributed by atoms with Crippen molar-refractivity contribution in [2.24, 2.45) is 0 Å². The number of benzene rings is 1. The first-order chi connectivity index (χ1) is 8.58. The summed E-state index contributed by atoms with van der Waals surface area (Å²) in [6, 6.07) is 4.92. The molecule has 0 aromatic heterocycles. The predicted octanol–water partition coefficient (Wildman–Crippen LogP) is 0.657. The predicted molar refractivity (Wildman–Crippen MR) is 67.5 cm³/mol. The molecule has 1 amide bonds. The maximum atomic E-state index is 11.0. The molecular formula is C12H15N3O3. The van der Waals surface area contributed by atoms with Crippen LogP contribution in [0.4, 0.5) is 11.4 Å². The maximum absolute atomic E-state index is 11.0. The summed E-state index contributed by atoms with van der Waals surface area (Å²) >= 11 is 0. The number of piperidine rings is 1. The van der Waals surface area contributed by atoms with Crippen LogP contribution >= 0.6 is 0 Å².